The van der Waals surface area contributed by atoms with Gasteiger partial charge in [0.05, 0.1) is 29.9 Å². The van der Waals surface area contributed by atoms with E-state index in [-0.39, 0.29) is 22.8 Å². The highest BCUT2D eigenvalue weighted by molar-refractivity contribution is 6.34. The lowest BCUT2D eigenvalue weighted by atomic mass is 10.1. The average Bonchev–Trinajstić information content (AvgIpc) is 2.27. The molecule has 0 aliphatic carbocycles. The van der Waals surface area contributed by atoms with Crippen LogP contribution in [0.25, 0.3) is 0 Å². The zero-order valence-corrected chi connectivity index (χ0v) is 8.71. The number of esters is 1. The molecule has 0 bridgehead atoms. The number of ether oxygens (including phenoxy) is 1. The third kappa shape index (κ3) is 2.09. The fourth-order valence-electron chi connectivity index (χ4n) is 1.14. The number of halogens is 1. The number of carbonyl (C=O) groups is 1. The molecule has 0 saturated heterocycles. The molecule has 1 rings (SSSR count). The van der Waals surface area contributed by atoms with Crippen molar-refractivity contribution in [2.45, 2.75) is 6.61 Å². The highest BCUT2D eigenvalue weighted by Crippen LogP contribution is 2.24. The summed E-state index contributed by atoms with van der Waals surface area (Å²) in [6.45, 7) is -0.302. The Hall–Kier alpha value is -1.57. The monoisotopic (exact) mass is 225 g/mol. The van der Waals surface area contributed by atoms with Crippen LogP contribution >= 0.6 is 11.6 Å². The molecule has 5 heteroatoms. The Morgan fingerprint density at radius 1 is 1.67 bits per heavy atom. The summed E-state index contributed by atoms with van der Waals surface area (Å²) in [6.07, 6.45) is 0. The van der Waals surface area contributed by atoms with Crippen LogP contribution in [-0.2, 0) is 11.3 Å². The van der Waals surface area contributed by atoms with Gasteiger partial charge in [0.15, 0.2) is 0 Å². The van der Waals surface area contributed by atoms with Gasteiger partial charge in [-0.15, -0.1) is 0 Å². The molecule has 1 aromatic carbocycles. The first kappa shape index (κ1) is 11.5. The molecule has 0 spiro atoms. The molecule has 0 atom stereocenters. The summed E-state index contributed by atoms with van der Waals surface area (Å²) in [7, 11) is 1.23. The summed E-state index contributed by atoms with van der Waals surface area (Å²) >= 11 is 5.83. The minimum atomic E-state index is -0.610. The van der Waals surface area contributed by atoms with Gasteiger partial charge in [0.2, 0.25) is 0 Å². The van der Waals surface area contributed by atoms with Gasteiger partial charge in [-0.05, 0) is 11.6 Å². The predicted molar refractivity (Wildman–Crippen MR) is 53.4 cm³/mol. The van der Waals surface area contributed by atoms with Gasteiger partial charge in [0.1, 0.15) is 6.07 Å². The molecule has 0 amide bonds. The lowest BCUT2D eigenvalue weighted by Gasteiger charge is -2.06. The van der Waals surface area contributed by atoms with Crippen molar-refractivity contribution in [1.82, 2.24) is 0 Å². The summed E-state index contributed by atoms with van der Waals surface area (Å²) in [5.41, 5.74) is 0.602. The van der Waals surface area contributed by atoms with Gasteiger partial charge in [-0.2, -0.15) is 5.26 Å². The second-order valence-corrected chi connectivity index (χ2v) is 3.10. The highest BCUT2D eigenvalue weighted by Gasteiger charge is 2.16. The van der Waals surface area contributed by atoms with E-state index < -0.39 is 5.97 Å². The van der Waals surface area contributed by atoms with Gasteiger partial charge in [-0.25, -0.2) is 4.79 Å². The molecule has 15 heavy (non-hydrogen) atoms. The standard InChI is InChI=1S/C10H8ClNO3/c1-15-10(14)7-3-2-6(5-13)8(4-12)9(7)11/h2-3,13H,5H2,1H3. The number of rotatable bonds is 2. The van der Waals surface area contributed by atoms with Crippen LogP contribution in [0.3, 0.4) is 0 Å². The van der Waals surface area contributed by atoms with Crippen molar-refractivity contribution in [2.24, 2.45) is 0 Å². The molecule has 1 aromatic rings. The molecule has 4 nitrogen and oxygen atoms in total. The van der Waals surface area contributed by atoms with E-state index in [1.807, 2.05) is 6.07 Å². The van der Waals surface area contributed by atoms with E-state index in [2.05, 4.69) is 4.74 Å². The molecule has 0 aliphatic heterocycles. The summed E-state index contributed by atoms with van der Waals surface area (Å²) in [5.74, 6) is -0.610. The molecular formula is C10H8ClNO3. The van der Waals surface area contributed by atoms with E-state index in [4.69, 9.17) is 22.0 Å². The lowest BCUT2D eigenvalue weighted by Crippen LogP contribution is -2.04. The second-order valence-electron chi connectivity index (χ2n) is 2.72. The van der Waals surface area contributed by atoms with Crippen molar-refractivity contribution in [1.29, 1.82) is 5.26 Å². The molecule has 0 saturated carbocycles. The summed E-state index contributed by atoms with van der Waals surface area (Å²) in [6, 6.07) is 4.72. The van der Waals surface area contributed by atoms with E-state index in [0.29, 0.717) is 5.56 Å². The highest BCUT2D eigenvalue weighted by atomic mass is 35.5. The SMILES string of the molecule is COC(=O)c1ccc(CO)c(C#N)c1Cl. The fraction of sp³-hybridized carbons (Fsp3) is 0.200. The van der Waals surface area contributed by atoms with Crippen molar-refractivity contribution in [3.63, 3.8) is 0 Å². The lowest BCUT2D eigenvalue weighted by molar-refractivity contribution is 0.0601. The molecule has 1 N–H and O–H groups in total. The third-order valence-corrected chi connectivity index (χ3v) is 2.31. The predicted octanol–water partition coefficient (Wildman–Crippen LogP) is 1.49. The maximum Gasteiger partial charge on any atom is 0.339 e. The van der Waals surface area contributed by atoms with Crippen LogP contribution in [0.4, 0.5) is 0 Å². The number of nitriles is 1. The third-order valence-electron chi connectivity index (χ3n) is 1.92. The van der Waals surface area contributed by atoms with Crippen LogP contribution in [0.5, 0.6) is 0 Å². The number of aliphatic hydroxyl groups is 1. The van der Waals surface area contributed by atoms with Gasteiger partial charge in [-0.3, -0.25) is 0 Å². The minimum Gasteiger partial charge on any atom is -0.465 e. The first-order valence-corrected chi connectivity index (χ1v) is 4.44. The largest absolute Gasteiger partial charge is 0.465 e. The van der Waals surface area contributed by atoms with Crippen LogP contribution in [0.15, 0.2) is 12.1 Å². The summed E-state index contributed by atoms with van der Waals surface area (Å²) in [4.78, 5) is 11.2. The Balaban J connectivity index is 3.37. The Bertz CT molecular complexity index is 437. The first-order chi connectivity index (χ1) is 7.15. The fourth-order valence-corrected chi connectivity index (χ4v) is 1.44. The van der Waals surface area contributed by atoms with Crippen LogP contribution in [0.1, 0.15) is 21.5 Å². The molecule has 0 unspecified atom stereocenters. The number of nitrogens with zero attached hydrogens (tertiary/aromatic N) is 1. The normalized spacial score (nSPS) is 9.47. The van der Waals surface area contributed by atoms with Gasteiger partial charge in [0.25, 0.3) is 0 Å². The van der Waals surface area contributed by atoms with Gasteiger partial charge in [0, 0.05) is 0 Å². The van der Waals surface area contributed by atoms with E-state index in [0.717, 1.165) is 0 Å². The molecule has 0 aromatic heterocycles. The van der Waals surface area contributed by atoms with Crippen molar-refractivity contribution in [3.05, 3.63) is 33.8 Å². The molecule has 0 heterocycles. The van der Waals surface area contributed by atoms with Gasteiger partial charge >= 0.3 is 5.97 Å². The quantitative estimate of drug-likeness (QED) is 0.775. The maximum atomic E-state index is 11.2. The second kappa shape index (κ2) is 4.78. The molecular weight excluding hydrogens is 218 g/mol. The topological polar surface area (TPSA) is 70.3 Å². The van der Waals surface area contributed by atoms with E-state index in [1.165, 1.54) is 19.2 Å². The smallest absolute Gasteiger partial charge is 0.339 e. The van der Waals surface area contributed by atoms with Crippen LogP contribution in [-0.4, -0.2) is 18.2 Å². The number of benzene rings is 1. The number of aliphatic hydroxyl groups excluding tert-OH is 1. The van der Waals surface area contributed by atoms with E-state index >= 15 is 0 Å². The van der Waals surface area contributed by atoms with Crippen LogP contribution < -0.4 is 0 Å². The van der Waals surface area contributed by atoms with Gasteiger partial charge < -0.3 is 9.84 Å². The van der Waals surface area contributed by atoms with Crippen molar-refractivity contribution < 1.29 is 14.6 Å². The number of hydrogen-bond donors (Lipinski definition) is 1. The Morgan fingerprint density at radius 3 is 2.80 bits per heavy atom. The Kier molecular flexibility index (Phi) is 3.67. The van der Waals surface area contributed by atoms with Crippen molar-refractivity contribution >= 4 is 17.6 Å². The maximum absolute atomic E-state index is 11.2. The molecule has 0 radical (unpaired) electrons. The van der Waals surface area contributed by atoms with Crippen molar-refractivity contribution in [2.75, 3.05) is 7.11 Å². The van der Waals surface area contributed by atoms with Gasteiger partial charge in [-0.1, -0.05) is 17.7 Å². The zero-order valence-electron chi connectivity index (χ0n) is 7.95. The molecule has 78 valence electrons. The minimum absolute atomic E-state index is 0.0101. The average molecular weight is 226 g/mol. The Morgan fingerprint density at radius 2 is 2.33 bits per heavy atom. The molecule has 0 aliphatic rings. The number of carbonyl (C=O) groups excluding carboxylic acids is 1. The van der Waals surface area contributed by atoms with Crippen LogP contribution in [0, 0.1) is 11.3 Å². The molecule has 0 fully saturated rings. The zero-order chi connectivity index (χ0) is 11.4. The van der Waals surface area contributed by atoms with E-state index in [9.17, 15) is 4.79 Å². The number of methoxy groups -OCH3 is 1. The van der Waals surface area contributed by atoms with E-state index in [1.54, 1.807) is 0 Å². The summed E-state index contributed by atoms with van der Waals surface area (Å²) < 4.78 is 4.49. The Labute approximate surface area is 91.7 Å². The van der Waals surface area contributed by atoms with Crippen molar-refractivity contribution in [3.8, 4) is 6.07 Å². The summed E-state index contributed by atoms with van der Waals surface area (Å²) in [5, 5.41) is 17.8. The number of hydrogen-bond acceptors (Lipinski definition) is 4. The first-order valence-electron chi connectivity index (χ1n) is 4.06. The van der Waals surface area contributed by atoms with Crippen LogP contribution in [0.2, 0.25) is 5.02 Å².